The largest absolute Gasteiger partial charge is 3.00 e. The van der Waals surface area contributed by atoms with Crippen LogP contribution in [0.5, 0.6) is 0 Å². The molecule has 0 radical (unpaired) electrons. The molecule has 0 atom stereocenters. The number of halogens is 5. The molecule has 0 bridgehead atoms. The Hall–Kier alpha value is 2.28. The van der Waals surface area contributed by atoms with Gasteiger partial charge in [0, 0.05) is 0 Å². The summed E-state index contributed by atoms with van der Waals surface area (Å²) in [4.78, 5) is 0. The monoisotopic (exact) mass is 210 g/mol. The van der Waals surface area contributed by atoms with Crippen molar-refractivity contribution in [1.82, 2.24) is 0 Å². The Labute approximate surface area is 92.7 Å². The van der Waals surface area contributed by atoms with Crippen molar-refractivity contribution in [3.05, 3.63) is 0 Å². The van der Waals surface area contributed by atoms with E-state index in [-0.39, 0.29) is 93.5 Å². The van der Waals surface area contributed by atoms with Crippen molar-refractivity contribution >= 4 is 31.5 Å². The first kappa shape index (κ1) is 122. The van der Waals surface area contributed by atoms with E-state index in [1.165, 1.54) is 0 Å². The van der Waals surface area contributed by atoms with Gasteiger partial charge in [0.15, 0.2) is 0 Å². The molecule has 7 heteroatoms. The fourth-order valence-electron chi connectivity index (χ4n) is 0. The number of hydrogen-bond acceptors (Lipinski definition) is 0. The first-order valence-corrected chi connectivity index (χ1v) is 0. The normalized spacial score (nSPS) is 0. The molecule has 0 saturated heterocycles. The molecule has 40 valence electrons. The van der Waals surface area contributed by atoms with Crippen LogP contribution in [0.3, 0.4) is 0 Å². The minimum Gasteiger partial charge on any atom is -1.00 e. The van der Waals surface area contributed by atoms with E-state index in [0.717, 1.165) is 0 Å². The Balaban J connectivity index is 0. The molecule has 0 fully saturated rings. The molecule has 7 heavy (non-hydrogen) atoms. The molecular formula is BCl5Mg. The maximum Gasteiger partial charge on any atom is 3.00 e. The van der Waals surface area contributed by atoms with Gasteiger partial charge in [-0.3, -0.25) is 0 Å². The summed E-state index contributed by atoms with van der Waals surface area (Å²) in [6.07, 6.45) is 0. The minimum absolute atomic E-state index is 0. The summed E-state index contributed by atoms with van der Waals surface area (Å²) < 4.78 is 0. The van der Waals surface area contributed by atoms with E-state index in [9.17, 15) is 0 Å². The van der Waals surface area contributed by atoms with Gasteiger partial charge in [0.1, 0.15) is 0 Å². The fraction of sp³-hybridized carbons (Fsp3) is 0. The molecule has 0 spiro atoms. The number of hydrogen-bond donors (Lipinski definition) is 0. The molecule has 0 amide bonds. The van der Waals surface area contributed by atoms with Gasteiger partial charge in [0.05, 0.1) is 0 Å². The van der Waals surface area contributed by atoms with Crippen molar-refractivity contribution in [2.24, 2.45) is 0 Å². The average Bonchev–Trinajstić information content (AvgIpc) is 0. The van der Waals surface area contributed by atoms with E-state index in [0.29, 0.717) is 0 Å². The SMILES string of the molecule is [B+3].[Cl-].[Cl-].[Cl-].[Cl-].[Cl-].[Mg+2]. The second-order valence-electron chi connectivity index (χ2n) is 0. The first-order chi connectivity index (χ1) is 0. The summed E-state index contributed by atoms with van der Waals surface area (Å²) in [7, 11) is 0. The second-order valence-corrected chi connectivity index (χ2v) is 0. The third-order valence-electron chi connectivity index (χ3n) is 0. The van der Waals surface area contributed by atoms with Crippen LogP contribution in [0.1, 0.15) is 0 Å². The quantitative estimate of drug-likeness (QED) is 0.350. The molecule has 0 aliphatic carbocycles. The third-order valence-corrected chi connectivity index (χ3v) is 0. The van der Waals surface area contributed by atoms with Crippen LogP contribution in [-0.2, 0) is 0 Å². The maximum atomic E-state index is 0. The molecule has 0 N–H and O–H groups in total. The molecule has 0 saturated carbocycles. The zero-order chi connectivity index (χ0) is 0. The summed E-state index contributed by atoms with van der Waals surface area (Å²) in [6, 6.07) is 0. The summed E-state index contributed by atoms with van der Waals surface area (Å²) in [5.41, 5.74) is 0. The molecule has 0 rings (SSSR count). The summed E-state index contributed by atoms with van der Waals surface area (Å²) in [5.74, 6) is 0. The van der Waals surface area contributed by atoms with Crippen molar-refractivity contribution in [1.29, 1.82) is 0 Å². The minimum atomic E-state index is 0. The van der Waals surface area contributed by atoms with Crippen LogP contribution in [0.25, 0.3) is 0 Å². The van der Waals surface area contributed by atoms with Crippen molar-refractivity contribution < 1.29 is 62.0 Å². The molecule has 0 unspecified atom stereocenters. The van der Waals surface area contributed by atoms with Crippen LogP contribution in [0, 0.1) is 0 Å². The first-order valence-electron chi connectivity index (χ1n) is 0. The second kappa shape index (κ2) is 84.4. The third kappa shape index (κ3) is 62.8. The zero-order valence-corrected chi connectivity index (χ0v) is 8.37. The van der Waals surface area contributed by atoms with Gasteiger partial charge in [-0.25, -0.2) is 0 Å². The van der Waals surface area contributed by atoms with Gasteiger partial charge in [0.2, 0.25) is 0 Å². The molecule has 0 heterocycles. The Morgan fingerprint density at radius 1 is 0.429 bits per heavy atom. The standard InChI is InChI=1S/B.5ClH.Mg/h;5*1H;/q+3;;;;;;+2/p-5. The smallest absolute Gasteiger partial charge is 1.00 e. The van der Waals surface area contributed by atoms with Crippen LogP contribution in [0.4, 0.5) is 0 Å². The Kier molecular flexibility index (Phi) is 1470. The molecule has 0 aromatic heterocycles. The van der Waals surface area contributed by atoms with E-state index >= 15 is 0 Å². The van der Waals surface area contributed by atoms with Crippen LogP contribution < -0.4 is 62.0 Å². The Morgan fingerprint density at radius 2 is 0.429 bits per heavy atom. The van der Waals surface area contributed by atoms with E-state index in [2.05, 4.69) is 0 Å². The molecule has 0 aromatic carbocycles. The van der Waals surface area contributed by atoms with E-state index in [1.807, 2.05) is 0 Å². The molecule has 0 nitrogen and oxygen atoms in total. The molecule has 0 aliphatic heterocycles. The van der Waals surface area contributed by atoms with Gasteiger partial charge in [-0.2, -0.15) is 0 Å². The van der Waals surface area contributed by atoms with E-state index in [4.69, 9.17) is 0 Å². The van der Waals surface area contributed by atoms with Crippen molar-refractivity contribution in [3.63, 3.8) is 0 Å². The van der Waals surface area contributed by atoms with Gasteiger partial charge in [-0.15, -0.1) is 0 Å². The summed E-state index contributed by atoms with van der Waals surface area (Å²) in [6.45, 7) is 0. The van der Waals surface area contributed by atoms with Crippen LogP contribution >= 0.6 is 0 Å². The van der Waals surface area contributed by atoms with Crippen LogP contribution in [0.15, 0.2) is 0 Å². The number of rotatable bonds is 0. The zero-order valence-electron chi connectivity index (χ0n) is 3.17. The van der Waals surface area contributed by atoms with Gasteiger partial charge >= 0.3 is 31.5 Å². The van der Waals surface area contributed by atoms with E-state index in [1.54, 1.807) is 0 Å². The topological polar surface area (TPSA) is 0 Å². The molecular weight excluding hydrogens is 212 g/mol. The molecule has 0 aromatic rings. The van der Waals surface area contributed by atoms with Crippen LogP contribution in [0.2, 0.25) is 0 Å². The van der Waals surface area contributed by atoms with Gasteiger partial charge < -0.3 is 62.0 Å². The predicted octanol–water partition coefficient (Wildman–Crippen LogP) is -15.7. The van der Waals surface area contributed by atoms with Crippen molar-refractivity contribution in [2.75, 3.05) is 0 Å². The predicted molar refractivity (Wildman–Crippen MR) is 11.5 cm³/mol. The van der Waals surface area contributed by atoms with Crippen molar-refractivity contribution in [3.8, 4) is 0 Å². The van der Waals surface area contributed by atoms with E-state index < -0.39 is 0 Å². The Bertz CT molecular complexity index is 8.04. The van der Waals surface area contributed by atoms with Gasteiger partial charge in [-0.1, -0.05) is 0 Å². The Morgan fingerprint density at radius 3 is 0.429 bits per heavy atom. The maximum absolute atomic E-state index is 0. The summed E-state index contributed by atoms with van der Waals surface area (Å²) >= 11 is 0. The average molecular weight is 212 g/mol. The van der Waals surface area contributed by atoms with Gasteiger partial charge in [0.25, 0.3) is 0 Å². The van der Waals surface area contributed by atoms with Crippen molar-refractivity contribution in [2.45, 2.75) is 0 Å². The van der Waals surface area contributed by atoms with Crippen LogP contribution in [-0.4, -0.2) is 31.5 Å². The summed E-state index contributed by atoms with van der Waals surface area (Å²) in [5, 5.41) is 0. The molecule has 0 aliphatic rings. The van der Waals surface area contributed by atoms with Gasteiger partial charge in [-0.05, 0) is 0 Å². The fourth-order valence-corrected chi connectivity index (χ4v) is 0.